The molecule has 0 spiro atoms. The Balaban J connectivity index is 2.87. The summed E-state index contributed by atoms with van der Waals surface area (Å²) in [5, 5.41) is 0. The molecule has 0 bridgehead atoms. The average Bonchev–Trinajstić information content (AvgIpc) is 2.26. The van der Waals surface area contributed by atoms with Gasteiger partial charge in [-0.1, -0.05) is 36.5 Å². The molecule has 0 unspecified atom stereocenters. The van der Waals surface area contributed by atoms with Gasteiger partial charge in [0.1, 0.15) is 6.10 Å². The third-order valence-corrected chi connectivity index (χ3v) is 3.46. The number of rotatable bonds is 2. The predicted octanol–water partition coefficient (Wildman–Crippen LogP) is 3.34. The monoisotopic (exact) mass is 252 g/mol. The van der Waals surface area contributed by atoms with E-state index in [1.807, 2.05) is 27.7 Å². The summed E-state index contributed by atoms with van der Waals surface area (Å²) < 4.78 is 4.44. The van der Waals surface area contributed by atoms with E-state index in [0.29, 0.717) is 6.42 Å². The fourth-order valence-corrected chi connectivity index (χ4v) is 2.45. The molecule has 1 fully saturated rings. The van der Waals surface area contributed by atoms with Crippen molar-refractivity contribution in [3.05, 3.63) is 0 Å². The van der Waals surface area contributed by atoms with Crippen molar-refractivity contribution in [3.63, 3.8) is 0 Å². The van der Waals surface area contributed by atoms with Gasteiger partial charge in [0.2, 0.25) is 4.33 Å². The molecule has 15 heavy (non-hydrogen) atoms. The molecule has 2 atom stereocenters. The average molecular weight is 253 g/mol. The number of carbonyl (C=O) groups is 1. The minimum Gasteiger partial charge on any atom is -0.369 e. The van der Waals surface area contributed by atoms with Gasteiger partial charge in [-0.05, 0) is 26.7 Å². The lowest BCUT2D eigenvalue weighted by Crippen LogP contribution is -2.41. The number of ketones is 1. The number of carbonyl (C=O) groups excluding carboxylic acids is 1. The zero-order chi connectivity index (χ0) is 11.9. The molecule has 0 saturated heterocycles. The molecule has 1 aliphatic carbocycles. The molecule has 88 valence electrons. The maximum atomic E-state index is 11.6. The molecule has 0 heterocycles. The van der Waals surface area contributed by atoms with Gasteiger partial charge in [-0.2, -0.15) is 0 Å². The van der Waals surface area contributed by atoms with E-state index in [-0.39, 0.29) is 17.3 Å². The highest BCUT2D eigenvalue weighted by molar-refractivity contribution is 6.59. The van der Waals surface area contributed by atoms with Crippen LogP contribution in [-0.4, -0.2) is 21.8 Å². The van der Waals surface area contributed by atoms with E-state index in [4.69, 9.17) is 27.9 Å². The number of ether oxygens (including phenoxy) is 1. The summed E-state index contributed by atoms with van der Waals surface area (Å²) in [6, 6.07) is 0. The van der Waals surface area contributed by atoms with Crippen LogP contribution >= 0.6 is 23.2 Å². The molecule has 1 saturated carbocycles. The molecule has 0 aromatic rings. The molecule has 1 aliphatic rings. The molecule has 1 rings (SSSR count). The van der Waals surface area contributed by atoms with Gasteiger partial charge >= 0.3 is 0 Å². The molecule has 4 heteroatoms. The minimum absolute atomic E-state index is 0.119. The smallest absolute Gasteiger partial charge is 0.201 e. The SMILES string of the molecule is CC[C@H]1CC(=O)C(Cl)(Cl)[C@H]1OC(C)(C)C. The van der Waals surface area contributed by atoms with Crippen molar-refractivity contribution in [2.24, 2.45) is 5.92 Å². The number of Topliss-reactive ketones (excluding diaryl/α,β-unsaturated/α-hetero) is 1. The van der Waals surface area contributed by atoms with Crippen molar-refractivity contribution in [1.29, 1.82) is 0 Å². The van der Waals surface area contributed by atoms with Crippen LogP contribution in [0.1, 0.15) is 40.5 Å². The van der Waals surface area contributed by atoms with Crippen molar-refractivity contribution >= 4 is 29.0 Å². The molecule has 0 aliphatic heterocycles. The van der Waals surface area contributed by atoms with Gasteiger partial charge in [0.05, 0.1) is 5.60 Å². The van der Waals surface area contributed by atoms with E-state index in [2.05, 4.69) is 0 Å². The first-order chi connectivity index (χ1) is 6.68. The summed E-state index contributed by atoms with van der Waals surface area (Å²) in [6.07, 6.45) is 0.885. The van der Waals surface area contributed by atoms with Gasteiger partial charge in [0.25, 0.3) is 0 Å². The summed E-state index contributed by atoms with van der Waals surface area (Å²) in [5.41, 5.74) is -0.336. The second-order valence-corrected chi connectivity index (χ2v) is 6.46. The van der Waals surface area contributed by atoms with Crippen LogP contribution in [0.15, 0.2) is 0 Å². The fourth-order valence-electron chi connectivity index (χ4n) is 1.85. The van der Waals surface area contributed by atoms with Crippen LogP contribution < -0.4 is 0 Å². The highest BCUT2D eigenvalue weighted by Crippen LogP contribution is 2.45. The minimum atomic E-state index is -1.37. The predicted molar refractivity (Wildman–Crippen MR) is 62.5 cm³/mol. The van der Waals surface area contributed by atoms with Gasteiger partial charge in [-0.15, -0.1) is 0 Å². The van der Waals surface area contributed by atoms with Crippen LogP contribution in [0.2, 0.25) is 0 Å². The first kappa shape index (κ1) is 13.3. The topological polar surface area (TPSA) is 26.3 Å². The first-order valence-corrected chi connectivity index (χ1v) is 6.03. The van der Waals surface area contributed by atoms with Gasteiger partial charge < -0.3 is 4.74 Å². The van der Waals surface area contributed by atoms with E-state index >= 15 is 0 Å². The zero-order valence-electron chi connectivity index (χ0n) is 9.64. The lowest BCUT2D eigenvalue weighted by atomic mass is 10.0. The highest BCUT2D eigenvalue weighted by atomic mass is 35.5. The van der Waals surface area contributed by atoms with Gasteiger partial charge in [0.15, 0.2) is 5.78 Å². The van der Waals surface area contributed by atoms with Crippen LogP contribution in [0.3, 0.4) is 0 Å². The normalized spacial score (nSPS) is 30.9. The molecule has 0 amide bonds. The molecule has 0 aromatic heterocycles. The Labute approximate surface area is 101 Å². The zero-order valence-corrected chi connectivity index (χ0v) is 11.2. The largest absolute Gasteiger partial charge is 0.369 e. The van der Waals surface area contributed by atoms with E-state index in [9.17, 15) is 4.79 Å². The van der Waals surface area contributed by atoms with Gasteiger partial charge in [0, 0.05) is 6.42 Å². The third kappa shape index (κ3) is 2.86. The lowest BCUT2D eigenvalue weighted by molar-refractivity contribution is -0.120. The van der Waals surface area contributed by atoms with Crippen molar-refractivity contribution in [2.45, 2.75) is 56.6 Å². The molecule has 0 N–H and O–H groups in total. The Morgan fingerprint density at radius 1 is 1.47 bits per heavy atom. The standard InChI is InChI=1S/C11H18Cl2O2/c1-5-7-6-8(14)11(12,13)9(7)15-10(2,3)4/h7,9H,5-6H2,1-4H3/t7-,9-/m0/s1. The molecule has 0 aromatic carbocycles. The van der Waals surface area contributed by atoms with E-state index in [1.54, 1.807) is 0 Å². The maximum absolute atomic E-state index is 11.6. The molecular formula is C11H18Cl2O2. The van der Waals surface area contributed by atoms with Gasteiger partial charge in [-0.25, -0.2) is 0 Å². The number of alkyl halides is 2. The van der Waals surface area contributed by atoms with Crippen LogP contribution in [0.5, 0.6) is 0 Å². The van der Waals surface area contributed by atoms with Crippen molar-refractivity contribution in [3.8, 4) is 0 Å². The van der Waals surface area contributed by atoms with Crippen LogP contribution in [0.25, 0.3) is 0 Å². The van der Waals surface area contributed by atoms with E-state index in [1.165, 1.54) is 0 Å². The second kappa shape index (κ2) is 4.23. The number of hydrogen-bond acceptors (Lipinski definition) is 2. The Kier molecular flexibility index (Phi) is 3.74. The summed E-state index contributed by atoms with van der Waals surface area (Å²) in [6.45, 7) is 7.83. The van der Waals surface area contributed by atoms with Crippen molar-refractivity contribution < 1.29 is 9.53 Å². The Morgan fingerprint density at radius 2 is 2.00 bits per heavy atom. The molecule has 0 radical (unpaired) electrons. The maximum Gasteiger partial charge on any atom is 0.201 e. The quantitative estimate of drug-likeness (QED) is 0.705. The van der Waals surface area contributed by atoms with Gasteiger partial charge in [-0.3, -0.25) is 4.79 Å². The van der Waals surface area contributed by atoms with E-state index < -0.39 is 10.4 Å². The van der Waals surface area contributed by atoms with Crippen molar-refractivity contribution in [1.82, 2.24) is 0 Å². The van der Waals surface area contributed by atoms with Crippen LogP contribution in [0, 0.1) is 5.92 Å². The summed E-state index contributed by atoms with van der Waals surface area (Å²) in [7, 11) is 0. The Morgan fingerprint density at radius 3 is 2.40 bits per heavy atom. The lowest BCUT2D eigenvalue weighted by Gasteiger charge is -2.32. The van der Waals surface area contributed by atoms with Crippen LogP contribution in [-0.2, 0) is 9.53 Å². The summed E-state index contributed by atoms with van der Waals surface area (Å²) >= 11 is 12.1. The fraction of sp³-hybridized carbons (Fsp3) is 0.909. The Bertz CT molecular complexity index is 256. The molecular weight excluding hydrogens is 235 g/mol. The number of hydrogen-bond donors (Lipinski definition) is 0. The molecule has 2 nitrogen and oxygen atoms in total. The van der Waals surface area contributed by atoms with Crippen LogP contribution in [0.4, 0.5) is 0 Å². The summed E-state index contributed by atoms with van der Waals surface area (Å²) in [5.74, 6) is 0.0126. The van der Waals surface area contributed by atoms with E-state index in [0.717, 1.165) is 6.42 Å². The number of halogens is 2. The first-order valence-electron chi connectivity index (χ1n) is 5.27. The Hall–Kier alpha value is 0.210. The van der Waals surface area contributed by atoms with Crippen molar-refractivity contribution in [2.75, 3.05) is 0 Å². The summed E-state index contributed by atoms with van der Waals surface area (Å²) in [4.78, 5) is 11.6. The highest BCUT2D eigenvalue weighted by Gasteiger charge is 2.54. The second-order valence-electron chi connectivity index (χ2n) is 5.07. The third-order valence-electron chi connectivity index (χ3n) is 2.61.